The van der Waals surface area contributed by atoms with E-state index in [-0.39, 0.29) is 5.97 Å². The third-order valence-electron chi connectivity index (χ3n) is 3.03. The third-order valence-corrected chi connectivity index (χ3v) is 3.46. The van der Waals surface area contributed by atoms with Gasteiger partial charge < -0.3 is 15.8 Å². The number of pyridine rings is 1. The standard InChI is InChI=1S/C15H18BrN3O2/c1-2-21-14(20)4-3-7-18-13-6-5-12(17)11-8-10(16)9-19-15(11)13/h5-6,8-9,18H,2-4,7,17H2,1H3. The number of rotatable bonds is 6. The molecule has 0 unspecified atom stereocenters. The third kappa shape index (κ3) is 4.07. The Morgan fingerprint density at radius 3 is 3.05 bits per heavy atom. The van der Waals surface area contributed by atoms with E-state index in [2.05, 4.69) is 26.2 Å². The number of ether oxygens (including phenoxy) is 1. The number of esters is 1. The average Bonchev–Trinajstić information content (AvgIpc) is 2.46. The molecule has 0 saturated heterocycles. The van der Waals surface area contributed by atoms with E-state index in [4.69, 9.17) is 10.5 Å². The minimum atomic E-state index is -0.163. The molecular formula is C15H18BrN3O2. The van der Waals surface area contributed by atoms with Crippen molar-refractivity contribution in [2.45, 2.75) is 19.8 Å². The van der Waals surface area contributed by atoms with Gasteiger partial charge in [0.2, 0.25) is 0 Å². The number of benzene rings is 1. The Kier molecular flexibility index (Phi) is 5.38. The van der Waals surface area contributed by atoms with E-state index in [0.717, 1.165) is 21.1 Å². The molecule has 0 fully saturated rings. The molecule has 0 aliphatic rings. The zero-order chi connectivity index (χ0) is 15.2. The van der Waals surface area contributed by atoms with Crippen LogP contribution in [0.25, 0.3) is 10.9 Å². The summed E-state index contributed by atoms with van der Waals surface area (Å²) >= 11 is 3.40. The molecule has 0 spiro atoms. The van der Waals surface area contributed by atoms with Crippen molar-refractivity contribution in [3.8, 4) is 0 Å². The van der Waals surface area contributed by atoms with Crippen LogP contribution in [0.1, 0.15) is 19.8 Å². The summed E-state index contributed by atoms with van der Waals surface area (Å²) in [6.07, 6.45) is 2.86. The number of nitrogens with zero attached hydrogens (tertiary/aromatic N) is 1. The highest BCUT2D eigenvalue weighted by Crippen LogP contribution is 2.28. The van der Waals surface area contributed by atoms with Crippen LogP contribution in [0.15, 0.2) is 28.9 Å². The number of hydrogen-bond acceptors (Lipinski definition) is 5. The first-order chi connectivity index (χ1) is 10.1. The molecule has 5 nitrogen and oxygen atoms in total. The van der Waals surface area contributed by atoms with E-state index < -0.39 is 0 Å². The van der Waals surface area contributed by atoms with E-state index in [0.29, 0.717) is 31.7 Å². The van der Waals surface area contributed by atoms with Crippen molar-refractivity contribution in [2.75, 3.05) is 24.2 Å². The number of nitrogen functional groups attached to an aromatic ring is 1. The second-order valence-corrected chi connectivity index (χ2v) is 5.50. The van der Waals surface area contributed by atoms with Crippen LogP contribution in [-0.2, 0) is 9.53 Å². The van der Waals surface area contributed by atoms with Gasteiger partial charge in [-0.25, -0.2) is 0 Å². The predicted molar refractivity (Wildman–Crippen MR) is 88.2 cm³/mol. The fourth-order valence-electron chi connectivity index (χ4n) is 2.05. The van der Waals surface area contributed by atoms with Crippen molar-refractivity contribution in [3.63, 3.8) is 0 Å². The predicted octanol–water partition coefficient (Wildman–Crippen LogP) is 3.33. The maximum Gasteiger partial charge on any atom is 0.305 e. The summed E-state index contributed by atoms with van der Waals surface area (Å²) in [5, 5.41) is 4.19. The summed E-state index contributed by atoms with van der Waals surface area (Å²) in [5.74, 6) is -0.163. The summed E-state index contributed by atoms with van der Waals surface area (Å²) in [6.45, 7) is 2.91. The monoisotopic (exact) mass is 351 g/mol. The lowest BCUT2D eigenvalue weighted by molar-refractivity contribution is -0.143. The number of carbonyl (C=O) groups is 1. The molecule has 0 aliphatic carbocycles. The van der Waals surface area contributed by atoms with E-state index in [9.17, 15) is 4.79 Å². The van der Waals surface area contributed by atoms with Gasteiger partial charge in [0.05, 0.1) is 17.8 Å². The quantitative estimate of drug-likeness (QED) is 0.474. The molecule has 1 aromatic heterocycles. The highest BCUT2D eigenvalue weighted by Gasteiger charge is 2.07. The molecule has 2 rings (SSSR count). The van der Waals surface area contributed by atoms with Crippen LogP contribution in [0.2, 0.25) is 0 Å². The van der Waals surface area contributed by atoms with Gasteiger partial charge in [0.25, 0.3) is 0 Å². The number of fused-ring (bicyclic) bond motifs is 1. The van der Waals surface area contributed by atoms with Crippen molar-refractivity contribution in [1.29, 1.82) is 0 Å². The van der Waals surface area contributed by atoms with Crippen LogP contribution < -0.4 is 11.1 Å². The van der Waals surface area contributed by atoms with Crippen LogP contribution in [0.3, 0.4) is 0 Å². The number of halogens is 1. The second-order valence-electron chi connectivity index (χ2n) is 4.59. The maximum atomic E-state index is 11.3. The summed E-state index contributed by atoms with van der Waals surface area (Å²) in [6, 6.07) is 5.70. The Bertz CT molecular complexity index is 646. The minimum Gasteiger partial charge on any atom is -0.466 e. The highest BCUT2D eigenvalue weighted by molar-refractivity contribution is 9.10. The van der Waals surface area contributed by atoms with Gasteiger partial charge in [-0.15, -0.1) is 0 Å². The van der Waals surface area contributed by atoms with Crippen LogP contribution in [0, 0.1) is 0 Å². The zero-order valence-electron chi connectivity index (χ0n) is 11.9. The molecule has 0 aliphatic heterocycles. The minimum absolute atomic E-state index is 0.163. The summed E-state index contributed by atoms with van der Waals surface area (Å²) in [5.41, 5.74) is 8.40. The van der Waals surface area contributed by atoms with E-state index in [1.165, 1.54) is 0 Å². The Balaban J connectivity index is 2.03. The lowest BCUT2D eigenvalue weighted by Gasteiger charge is -2.10. The Hall–Kier alpha value is -1.82. The largest absolute Gasteiger partial charge is 0.466 e. The van der Waals surface area contributed by atoms with Gasteiger partial charge >= 0.3 is 5.97 Å². The normalized spacial score (nSPS) is 10.6. The molecule has 0 bridgehead atoms. The second kappa shape index (κ2) is 7.26. The number of aromatic nitrogens is 1. The average molecular weight is 352 g/mol. The van der Waals surface area contributed by atoms with Gasteiger partial charge in [0.1, 0.15) is 0 Å². The van der Waals surface area contributed by atoms with Crippen LogP contribution >= 0.6 is 15.9 Å². The van der Waals surface area contributed by atoms with E-state index >= 15 is 0 Å². The van der Waals surface area contributed by atoms with Crippen molar-refractivity contribution < 1.29 is 9.53 Å². The smallest absolute Gasteiger partial charge is 0.305 e. The Morgan fingerprint density at radius 1 is 1.48 bits per heavy atom. The molecule has 6 heteroatoms. The number of hydrogen-bond donors (Lipinski definition) is 2. The maximum absolute atomic E-state index is 11.3. The number of anilines is 2. The van der Waals surface area contributed by atoms with Gasteiger partial charge in [-0.3, -0.25) is 9.78 Å². The Labute approximate surface area is 132 Å². The SMILES string of the molecule is CCOC(=O)CCCNc1ccc(N)c2cc(Br)cnc12. The van der Waals surface area contributed by atoms with E-state index in [1.54, 1.807) is 13.1 Å². The fraction of sp³-hybridized carbons (Fsp3) is 0.333. The van der Waals surface area contributed by atoms with Gasteiger partial charge in [0.15, 0.2) is 0 Å². The molecule has 2 aromatic rings. The molecule has 0 radical (unpaired) electrons. The molecule has 21 heavy (non-hydrogen) atoms. The lowest BCUT2D eigenvalue weighted by atomic mass is 10.1. The van der Waals surface area contributed by atoms with Crippen molar-refractivity contribution >= 4 is 44.2 Å². The van der Waals surface area contributed by atoms with Crippen molar-refractivity contribution in [3.05, 3.63) is 28.9 Å². The molecule has 0 atom stereocenters. The fourth-order valence-corrected chi connectivity index (χ4v) is 2.38. The first kappa shape index (κ1) is 15.6. The van der Waals surface area contributed by atoms with Crippen LogP contribution in [0.4, 0.5) is 11.4 Å². The first-order valence-corrected chi connectivity index (χ1v) is 7.64. The molecular weight excluding hydrogens is 334 g/mol. The molecule has 3 N–H and O–H groups in total. The van der Waals surface area contributed by atoms with Gasteiger partial charge in [-0.05, 0) is 47.5 Å². The van der Waals surface area contributed by atoms with Crippen molar-refractivity contribution in [1.82, 2.24) is 4.98 Å². The summed E-state index contributed by atoms with van der Waals surface area (Å²) < 4.78 is 5.78. The van der Waals surface area contributed by atoms with E-state index in [1.807, 2.05) is 18.2 Å². The molecule has 0 saturated carbocycles. The highest BCUT2D eigenvalue weighted by atomic mass is 79.9. The van der Waals surface area contributed by atoms with Crippen molar-refractivity contribution in [2.24, 2.45) is 0 Å². The zero-order valence-corrected chi connectivity index (χ0v) is 13.4. The summed E-state index contributed by atoms with van der Waals surface area (Å²) in [4.78, 5) is 15.7. The number of carbonyl (C=O) groups excluding carboxylic acids is 1. The Morgan fingerprint density at radius 2 is 2.29 bits per heavy atom. The van der Waals surface area contributed by atoms with Crippen LogP contribution in [-0.4, -0.2) is 24.1 Å². The first-order valence-electron chi connectivity index (χ1n) is 6.85. The van der Waals surface area contributed by atoms with Gasteiger partial charge in [0, 0.05) is 34.7 Å². The molecule has 112 valence electrons. The molecule has 1 heterocycles. The topological polar surface area (TPSA) is 77.2 Å². The molecule has 1 aromatic carbocycles. The summed E-state index contributed by atoms with van der Waals surface area (Å²) in [7, 11) is 0. The van der Waals surface area contributed by atoms with Crippen LogP contribution in [0.5, 0.6) is 0 Å². The lowest BCUT2D eigenvalue weighted by Crippen LogP contribution is -2.08. The van der Waals surface area contributed by atoms with Gasteiger partial charge in [-0.2, -0.15) is 0 Å². The van der Waals surface area contributed by atoms with Gasteiger partial charge in [-0.1, -0.05) is 0 Å². The number of nitrogens with one attached hydrogen (secondary N) is 1. The number of nitrogens with two attached hydrogens (primary N) is 1. The molecule has 0 amide bonds.